The van der Waals surface area contributed by atoms with Crippen LogP contribution in [0.2, 0.25) is 5.02 Å². The summed E-state index contributed by atoms with van der Waals surface area (Å²) in [5, 5.41) is 0.194. The fraction of sp³-hybridized carbons (Fsp3) is 0.444. The van der Waals surface area contributed by atoms with Crippen LogP contribution in [0.5, 0.6) is 0 Å². The first kappa shape index (κ1) is 20.8. The lowest BCUT2D eigenvalue weighted by Crippen LogP contribution is -2.51. The zero-order valence-electron chi connectivity index (χ0n) is 15.5. The molecule has 0 bridgehead atoms. The van der Waals surface area contributed by atoms with E-state index in [1.807, 2.05) is 6.92 Å². The molecule has 1 saturated heterocycles. The largest absolute Gasteiger partial charge is 0.368 e. The molecule has 0 saturated carbocycles. The third-order valence-electron chi connectivity index (χ3n) is 4.57. The van der Waals surface area contributed by atoms with Gasteiger partial charge >= 0.3 is 0 Å². The minimum absolute atomic E-state index is 0.0425. The van der Waals surface area contributed by atoms with Gasteiger partial charge in [0.15, 0.2) is 0 Å². The van der Waals surface area contributed by atoms with Crippen LogP contribution in [0.1, 0.15) is 12.7 Å². The normalized spacial score (nSPS) is 16.9. The average molecular weight is 427 g/mol. The number of ether oxygens (including phenoxy) is 1. The van der Waals surface area contributed by atoms with Crippen LogP contribution < -0.4 is 0 Å². The number of amides is 1. The highest BCUT2D eigenvalue weighted by Gasteiger charge is 2.31. The number of sulfonamides is 1. The van der Waals surface area contributed by atoms with Crippen LogP contribution in [-0.4, -0.2) is 72.4 Å². The van der Waals surface area contributed by atoms with Crippen molar-refractivity contribution in [3.63, 3.8) is 0 Å². The van der Waals surface area contributed by atoms with Gasteiger partial charge in [-0.2, -0.15) is 4.31 Å². The molecule has 2 heterocycles. The van der Waals surface area contributed by atoms with Gasteiger partial charge in [0.1, 0.15) is 17.3 Å². The van der Waals surface area contributed by atoms with E-state index in [1.165, 1.54) is 10.4 Å². The Balaban J connectivity index is 1.49. The van der Waals surface area contributed by atoms with Crippen molar-refractivity contribution in [2.45, 2.75) is 24.3 Å². The van der Waals surface area contributed by atoms with Gasteiger partial charge in [-0.25, -0.2) is 13.4 Å². The number of nitrogens with one attached hydrogen (secondary N) is 1. The van der Waals surface area contributed by atoms with Crippen molar-refractivity contribution in [1.29, 1.82) is 0 Å². The first-order valence-electron chi connectivity index (χ1n) is 9.00. The highest BCUT2D eigenvalue weighted by atomic mass is 35.5. The summed E-state index contributed by atoms with van der Waals surface area (Å²) in [5.74, 6) is 0.652. The summed E-state index contributed by atoms with van der Waals surface area (Å²) < 4.78 is 32.5. The summed E-state index contributed by atoms with van der Waals surface area (Å²) in [6, 6.07) is 6.36. The highest BCUT2D eigenvalue weighted by Crippen LogP contribution is 2.25. The van der Waals surface area contributed by atoms with E-state index >= 15 is 0 Å². The van der Waals surface area contributed by atoms with E-state index < -0.39 is 10.0 Å². The zero-order valence-corrected chi connectivity index (χ0v) is 17.1. The number of benzene rings is 1. The molecule has 1 aromatic heterocycles. The Hall–Kier alpha value is -1.94. The van der Waals surface area contributed by atoms with Crippen LogP contribution in [0.3, 0.4) is 0 Å². The molecule has 1 aliphatic rings. The second-order valence-corrected chi connectivity index (χ2v) is 8.89. The molecule has 3 rings (SSSR count). The Bertz CT molecular complexity index is 896. The van der Waals surface area contributed by atoms with Gasteiger partial charge < -0.3 is 14.6 Å². The quantitative estimate of drug-likeness (QED) is 0.724. The summed E-state index contributed by atoms with van der Waals surface area (Å²) >= 11 is 6.04. The molecule has 1 atom stereocenters. The monoisotopic (exact) mass is 426 g/mol. The molecule has 1 N–H and O–H groups in total. The number of nitrogens with zero attached hydrogens (tertiary/aromatic N) is 3. The third-order valence-corrected chi connectivity index (χ3v) is 6.97. The topological polar surface area (TPSA) is 95.6 Å². The maximum Gasteiger partial charge on any atom is 0.248 e. The van der Waals surface area contributed by atoms with Crippen molar-refractivity contribution in [3.05, 3.63) is 47.5 Å². The highest BCUT2D eigenvalue weighted by molar-refractivity contribution is 7.89. The predicted octanol–water partition coefficient (Wildman–Crippen LogP) is 1.54. The van der Waals surface area contributed by atoms with E-state index in [2.05, 4.69) is 9.97 Å². The fourth-order valence-electron chi connectivity index (χ4n) is 3.02. The first-order valence-corrected chi connectivity index (χ1v) is 10.8. The van der Waals surface area contributed by atoms with Crippen molar-refractivity contribution in [2.75, 3.05) is 32.8 Å². The summed E-state index contributed by atoms with van der Waals surface area (Å²) in [6.45, 7) is 2.92. The number of hydrogen-bond acceptors (Lipinski definition) is 5. The number of piperazine rings is 1. The molecule has 1 fully saturated rings. The van der Waals surface area contributed by atoms with Gasteiger partial charge in [0.05, 0.1) is 11.1 Å². The van der Waals surface area contributed by atoms with E-state index in [9.17, 15) is 13.2 Å². The number of H-pyrrole nitrogens is 1. The number of hydrogen-bond donors (Lipinski definition) is 1. The van der Waals surface area contributed by atoms with Crippen LogP contribution in [0, 0.1) is 0 Å². The lowest BCUT2D eigenvalue weighted by Gasteiger charge is -2.34. The van der Waals surface area contributed by atoms with Crippen molar-refractivity contribution in [3.8, 4) is 0 Å². The zero-order chi connectivity index (χ0) is 20.1. The lowest BCUT2D eigenvalue weighted by atomic mass is 10.3. The number of carbonyl (C=O) groups is 1. The molecule has 2 aromatic rings. The molecular weight excluding hydrogens is 404 g/mol. The fourth-order valence-corrected chi connectivity index (χ4v) is 4.93. The van der Waals surface area contributed by atoms with Crippen LogP contribution in [0.15, 0.2) is 41.6 Å². The molecule has 1 aliphatic heterocycles. The predicted molar refractivity (Wildman–Crippen MR) is 104 cm³/mol. The van der Waals surface area contributed by atoms with Crippen LogP contribution in [0.4, 0.5) is 0 Å². The molecule has 0 unspecified atom stereocenters. The number of carbonyl (C=O) groups excluding carboxylic acids is 1. The van der Waals surface area contributed by atoms with Gasteiger partial charge in [0.25, 0.3) is 0 Å². The molecule has 1 amide bonds. The van der Waals surface area contributed by atoms with Gasteiger partial charge in [0.2, 0.25) is 15.9 Å². The van der Waals surface area contributed by atoms with Crippen LogP contribution in [0.25, 0.3) is 0 Å². The number of imidazole rings is 1. The van der Waals surface area contributed by atoms with E-state index in [1.54, 1.807) is 35.5 Å². The van der Waals surface area contributed by atoms with Crippen LogP contribution >= 0.6 is 11.6 Å². The van der Waals surface area contributed by atoms with Crippen LogP contribution in [-0.2, 0) is 26.0 Å². The summed E-state index contributed by atoms with van der Waals surface area (Å²) in [7, 11) is -3.67. The van der Waals surface area contributed by atoms with Gasteiger partial charge in [-0.05, 0) is 19.1 Å². The Kier molecular flexibility index (Phi) is 6.71. The van der Waals surface area contributed by atoms with E-state index in [4.69, 9.17) is 16.3 Å². The standard InChI is InChI=1S/C18H23ClN4O4S/c1-14(12-17-20-6-7-21-17)27-13-18(24)22-8-10-23(11-9-22)28(25,26)16-5-3-2-4-15(16)19/h2-7,14H,8-13H2,1H3,(H,20,21)/t14-/m0/s1. The maximum absolute atomic E-state index is 12.8. The van der Waals surface area contributed by atoms with Gasteiger partial charge in [0, 0.05) is 45.0 Å². The molecule has 28 heavy (non-hydrogen) atoms. The van der Waals surface area contributed by atoms with Crippen molar-refractivity contribution < 1.29 is 17.9 Å². The number of halogens is 1. The van der Waals surface area contributed by atoms with E-state index in [0.29, 0.717) is 19.5 Å². The summed E-state index contributed by atoms with van der Waals surface area (Å²) in [4.78, 5) is 21.2. The Morgan fingerprint density at radius 3 is 2.64 bits per heavy atom. The minimum atomic E-state index is -3.67. The molecule has 0 spiro atoms. The number of aromatic amines is 1. The number of rotatable bonds is 7. The van der Waals surface area contributed by atoms with Crippen molar-refractivity contribution in [1.82, 2.24) is 19.2 Å². The second kappa shape index (κ2) is 9.04. The summed E-state index contributed by atoms with van der Waals surface area (Å²) in [5.41, 5.74) is 0. The lowest BCUT2D eigenvalue weighted by molar-refractivity contribution is -0.139. The Morgan fingerprint density at radius 1 is 1.29 bits per heavy atom. The Morgan fingerprint density at radius 2 is 2.00 bits per heavy atom. The third kappa shape index (κ3) is 4.91. The minimum Gasteiger partial charge on any atom is -0.368 e. The Labute approximate surface area is 169 Å². The van der Waals surface area contributed by atoms with Gasteiger partial charge in [-0.3, -0.25) is 4.79 Å². The second-order valence-electron chi connectivity index (χ2n) is 6.58. The first-order chi connectivity index (χ1) is 13.4. The smallest absolute Gasteiger partial charge is 0.248 e. The molecule has 1 aromatic carbocycles. The van der Waals surface area contributed by atoms with E-state index in [-0.39, 0.29) is 41.6 Å². The molecule has 0 radical (unpaired) electrons. The summed E-state index contributed by atoms with van der Waals surface area (Å²) in [6.07, 6.45) is 3.84. The average Bonchev–Trinajstić information content (AvgIpc) is 3.19. The maximum atomic E-state index is 12.8. The molecular formula is C18H23ClN4O4S. The van der Waals surface area contributed by atoms with Gasteiger partial charge in [-0.15, -0.1) is 0 Å². The van der Waals surface area contributed by atoms with Crippen molar-refractivity contribution in [2.24, 2.45) is 0 Å². The molecule has 8 nitrogen and oxygen atoms in total. The molecule has 0 aliphatic carbocycles. The van der Waals surface area contributed by atoms with E-state index in [0.717, 1.165) is 5.82 Å². The number of aromatic nitrogens is 2. The van der Waals surface area contributed by atoms with Crippen molar-refractivity contribution >= 4 is 27.5 Å². The molecule has 152 valence electrons. The molecule has 10 heteroatoms. The SMILES string of the molecule is C[C@@H](Cc1ncc[nH]1)OCC(=O)N1CCN(S(=O)(=O)c2ccccc2Cl)CC1. The van der Waals surface area contributed by atoms with Gasteiger partial charge in [-0.1, -0.05) is 23.7 Å².